The summed E-state index contributed by atoms with van der Waals surface area (Å²) in [4.78, 5) is 11.2. The van der Waals surface area contributed by atoms with Crippen LogP contribution in [0.5, 0.6) is 0 Å². The van der Waals surface area contributed by atoms with E-state index in [1.165, 1.54) is 0 Å². The largest absolute Gasteiger partial charge is 0.461 e. The molecule has 21 heteroatoms. The first-order valence-electron chi connectivity index (χ1n) is 8.69. The predicted octanol–water partition coefficient (Wildman–Crippen LogP) is 5.09. The number of ether oxygens (including phenoxy) is 1. The fraction of sp³-hybridized carbons (Fsp3) is 0.800. The number of hydrogen-bond donors (Lipinski definition) is 0. The summed E-state index contributed by atoms with van der Waals surface area (Å²) in [6, 6.07) is 0. The minimum absolute atomic E-state index is 0.365. The molecule has 0 N–H and O–H groups in total. The number of carbonyl (C=O) groups is 1. The fourth-order valence-electron chi connectivity index (χ4n) is 2.09. The van der Waals surface area contributed by atoms with Crippen LogP contribution in [0, 0.1) is 0 Å². The highest BCUT2D eigenvalue weighted by molar-refractivity contribution is 7.90. The highest BCUT2D eigenvalue weighted by Gasteiger charge is 2.94. The van der Waals surface area contributed by atoms with Gasteiger partial charge < -0.3 is 4.74 Å². The maximum atomic E-state index is 14.1. The molecule has 0 aromatic rings. The van der Waals surface area contributed by atoms with Gasteiger partial charge in [0.1, 0.15) is 6.61 Å². The van der Waals surface area contributed by atoms with Crippen LogP contribution in [0.2, 0.25) is 0 Å². The lowest BCUT2D eigenvalue weighted by molar-refractivity contribution is -0.447. The Labute approximate surface area is 191 Å². The summed E-state index contributed by atoms with van der Waals surface area (Å²) in [5.74, 6) is -43.4. The van der Waals surface area contributed by atoms with Crippen LogP contribution in [-0.2, 0) is 19.6 Å². The number of nitrogens with zero attached hydrogens (tertiary/aromatic N) is 1. The number of rotatable bonds is 12. The van der Waals surface area contributed by atoms with E-state index in [0.29, 0.717) is 6.92 Å². The van der Waals surface area contributed by atoms with Crippen molar-refractivity contribution in [2.75, 3.05) is 19.7 Å². The zero-order valence-electron chi connectivity index (χ0n) is 17.5. The van der Waals surface area contributed by atoms with Gasteiger partial charge >= 0.3 is 47.0 Å². The third kappa shape index (κ3) is 4.95. The van der Waals surface area contributed by atoms with E-state index in [1.807, 2.05) is 0 Å². The number of likely N-dealkylation sites (N-methyl/N-ethyl adjacent to an activating group) is 1. The molecule has 0 unspecified atom stereocenters. The minimum atomic E-state index is -8.62. The van der Waals surface area contributed by atoms with E-state index in [9.17, 15) is 79.1 Å². The van der Waals surface area contributed by atoms with Gasteiger partial charge in [0.15, 0.2) is 0 Å². The molecule has 0 saturated heterocycles. The topological polar surface area (TPSA) is 63.7 Å². The molecule has 0 aromatic carbocycles. The predicted molar refractivity (Wildman–Crippen MR) is 87.7 cm³/mol. The Morgan fingerprint density at radius 1 is 0.750 bits per heavy atom. The van der Waals surface area contributed by atoms with Gasteiger partial charge in [-0.1, -0.05) is 13.5 Å². The quantitative estimate of drug-likeness (QED) is 0.181. The molecule has 5 nitrogen and oxygen atoms in total. The number of hydrogen-bond acceptors (Lipinski definition) is 4. The first kappa shape index (κ1) is 34.1. The molecule has 0 heterocycles. The summed E-state index contributed by atoms with van der Waals surface area (Å²) >= 11 is 0. The van der Waals surface area contributed by atoms with Gasteiger partial charge in [-0.25, -0.2) is 13.2 Å². The van der Waals surface area contributed by atoms with Crippen molar-refractivity contribution in [3.63, 3.8) is 0 Å². The molecule has 0 spiro atoms. The molecule has 36 heavy (non-hydrogen) atoms. The van der Waals surface area contributed by atoms with Gasteiger partial charge in [-0.3, -0.25) is 0 Å². The van der Waals surface area contributed by atoms with Crippen molar-refractivity contribution in [1.82, 2.24) is 4.31 Å². The molecule has 0 aromatic heterocycles. The summed E-state index contributed by atoms with van der Waals surface area (Å²) in [6.45, 7) is 0.449. The van der Waals surface area contributed by atoms with E-state index < -0.39 is 81.0 Å². The number of halogens is 15. The van der Waals surface area contributed by atoms with Crippen LogP contribution < -0.4 is 0 Å². The summed E-state index contributed by atoms with van der Waals surface area (Å²) in [5, 5.41) is -7.52. The third-order valence-corrected chi connectivity index (χ3v) is 6.26. The van der Waals surface area contributed by atoms with E-state index in [2.05, 4.69) is 11.3 Å². The fourth-order valence-corrected chi connectivity index (χ4v) is 3.52. The lowest BCUT2D eigenvalue weighted by Crippen LogP contribution is -2.73. The first-order chi connectivity index (χ1) is 15.5. The number of carbonyl (C=O) groups excluding carboxylic acids is 1. The average Bonchev–Trinajstić information content (AvgIpc) is 2.68. The van der Waals surface area contributed by atoms with Crippen LogP contribution >= 0.6 is 0 Å². The van der Waals surface area contributed by atoms with Gasteiger partial charge in [-0.15, -0.1) is 0 Å². The molecule has 0 radical (unpaired) electrons. The van der Waals surface area contributed by atoms with Gasteiger partial charge in [-0.05, 0) is 6.92 Å². The Kier molecular flexibility index (Phi) is 9.23. The standard InChI is InChI=1S/C15H14F15NO4S/c1-4-31(5-6-35-8(32)7(2)3)36(33,34)15(29,30)13(24,25)11(20,21)9(16,17)10(18,19)12(22,23)14(26,27)28/h2,4-6H2,1,3H3. The van der Waals surface area contributed by atoms with Crippen LogP contribution in [-0.4, -0.2) is 79.4 Å². The van der Waals surface area contributed by atoms with Gasteiger partial charge in [-0.2, -0.15) is 70.2 Å². The van der Waals surface area contributed by atoms with Gasteiger partial charge in [0, 0.05) is 18.7 Å². The smallest absolute Gasteiger partial charge is 0.460 e. The van der Waals surface area contributed by atoms with Crippen molar-refractivity contribution in [2.45, 2.75) is 54.9 Å². The second-order valence-corrected chi connectivity index (χ2v) is 8.78. The normalized spacial score (nSPS) is 15.3. The maximum absolute atomic E-state index is 14.1. The van der Waals surface area contributed by atoms with Crippen molar-refractivity contribution in [3.8, 4) is 0 Å². The number of alkyl halides is 15. The lowest BCUT2D eigenvalue weighted by atomic mass is 9.94. The minimum Gasteiger partial charge on any atom is -0.461 e. The lowest BCUT2D eigenvalue weighted by Gasteiger charge is -2.41. The second-order valence-electron chi connectivity index (χ2n) is 6.80. The zero-order valence-corrected chi connectivity index (χ0v) is 18.3. The molecular formula is C15H14F15NO4S. The summed E-state index contributed by atoms with van der Waals surface area (Å²) in [7, 11) is -7.31. The average molecular weight is 589 g/mol. The van der Waals surface area contributed by atoms with Gasteiger partial charge in [0.25, 0.3) is 10.0 Å². The molecule has 0 bridgehead atoms. The van der Waals surface area contributed by atoms with E-state index in [1.54, 1.807) is 0 Å². The van der Waals surface area contributed by atoms with E-state index >= 15 is 0 Å². The third-order valence-electron chi connectivity index (χ3n) is 4.24. The number of sulfonamides is 1. The monoisotopic (exact) mass is 589 g/mol. The summed E-state index contributed by atoms with van der Waals surface area (Å²) < 4.78 is 226. The van der Waals surface area contributed by atoms with Crippen LogP contribution in [0.15, 0.2) is 12.2 Å². The SMILES string of the molecule is C=C(C)C(=O)OCCN(CC)S(=O)(=O)C(F)(F)C(F)(F)C(F)(F)C(F)(F)C(F)(F)C(F)(F)C(F)(F)F. The molecule has 0 rings (SSSR count). The molecule has 0 aliphatic carbocycles. The molecule has 0 saturated carbocycles. The molecule has 0 aliphatic rings. The van der Waals surface area contributed by atoms with Crippen LogP contribution in [0.25, 0.3) is 0 Å². The van der Waals surface area contributed by atoms with Crippen molar-refractivity contribution < 1.29 is 83.8 Å². The Hall–Kier alpha value is -1.93. The van der Waals surface area contributed by atoms with Gasteiger partial charge in [0.2, 0.25) is 0 Å². The van der Waals surface area contributed by atoms with Crippen LogP contribution in [0.1, 0.15) is 13.8 Å². The molecule has 0 aliphatic heterocycles. The highest BCUT2D eigenvalue weighted by Crippen LogP contribution is 2.63. The Morgan fingerprint density at radius 2 is 1.11 bits per heavy atom. The van der Waals surface area contributed by atoms with Gasteiger partial charge in [0.05, 0.1) is 0 Å². The Balaban J connectivity index is 6.58. The van der Waals surface area contributed by atoms with Crippen LogP contribution in [0.3, 0.4) is 0 Å². The molecule has 0 amide bonds. The number of esters is 1. The van der Waals surface area contributed by atoms with Crippen molar-refractivity contribution in [3.05, 3.63) is 12.2 Å². The molecule has 214 valence electrons. The Bertz CT molecular complexity index is 943. The highest BCUT2D eigenvalue weighted by atomic mass is 32.2. The van der Waals surface area contributed by atoms with E-state index in [0.717, 1.165) is 6.92 Å². The Morgan fingerprint density at radius 3 is 1.44 bits per heavy atom. The van der Waals surface area contributed by atoms with Crippen molar-refractivity contribution in [2.24, 2.45) is 0 Å². The molecule has 0 atom stereocenters. The van der Waals surface area contributed by atoms with Crippen molar-refractivity contribution in [1.29, 1.82) is 0 Å². The summed E-state index contributed by atoms with van der Waals surface area (Å²) in [6.07, 6.45) is -7.78. The molecule has 0 fully saturated rings. The van der Waals surface area contributed by atoms with Crippen molar-refractivity contribution >= 4 is 16.0 Å². The van der Waals surface area contributed by atoms with E-state index in [-0.39, 0.29) is 5.57 Å². The zero-order chi connectivity index (χ0) is 29.6. The maximum Gasteiger partial charge on any atom is 0.460 e. The second kappa shape index (κ2) is 9.75. The van der Waals surface area contributed by atoms with Crippen LogP contribution in [0.4, 0.5) is 65.9 Å². The first-order valence-corrected chi connectivity index (χ1v) is 10.1. The summed E-state index contributed by atoms with van der Waals surface area (Å²) in [5.41, 5.74) is -0.365. The van der Waals surface area contributed by atoms with E-state index in [4.69, 9.17) is 0 Å². The molecular weight excluding hydrogens is 575 g/mol.